The molecule has 0 atom stereocenters. The van der Waals surface area contributed by atoms with E-state index in [4.69, 9.17) is 20.8 Å². The van der Waals surface area contributed by atoms with Crippen molar-refractivity contribution in [3.8, 4) is 11.5 Å². The standard InChI is InChI=1S/C14H18ClN3O2/c1-18(8-5-9-19-2)10-13-16-17-14(20-13)11-6-3-4-7-12(11)15/h3-4,6-7H,5,8-10H2,1-2H3. The Hall–Kier alpha value is -1.43. The lowest BCUT2D eigenvalue weighted by molar-refractivity contribution is 0.175. The molecular formula is C14H18ClN3O2. The van der Waals surface area contributed by atoms with Gasteiger partial charge >= 0.3 is 0 Å². The third-order valence-corrected chi connectivity index (χ3v) is 3.19. The highest BCUT2D eigenvalue weighted by Gasteiger charge is 2.12. The molecule has 1 heterocycles. The first-order valence-corrected chi connectivity index (χ1v) is 6.83. The molecule has 6 heteroatoms. The van der Waals surface area contributed by atoms with Gasteiger partial charge in [-0.05, 0) is 25.6 Å². The SMILES string of the molecule is COCCCN(C)Cc1nnc(-c2ccccc2Cl)o1. The highest BCUT2D eigenvalue weighted by Crippen LogP contribution is 2.26. The minimum atomic E-state index is 0.455. The molecule has 0 aliphatic rings. The van der Waals surface area contributed by atoms with Gasteiger partial charge in [-0.25, -0.2) is 0 Å². The maximum Gasteiger partial charge on any atom is 0.249 e. The molecular weight excluding hydrogens is 278 g/mol. The van der Waals surface area contributed by atoms with Crippen LogP contribution in [0.5, 0.6) is 0 Å². The molecule has 0 aliphatic carbocycles. The maximum atomic E-state index is 6.11. The Morgan fingerprint density at radius 3 is 2.85 bits per heavy atom. The average molecular weight is 296 g/mol. The van der Waals surface area contributed by atoms with E-state index in [1.807, 2.05) is 25.2 Å². The lowest BCUT2D eigenvalue weighted by Gasteiger charge is -2.13. The van der Waals surface area contributed by atoms with Crippen molar-refractivity contribution in [3.05, 3.63) is 35.2 Å². The van der Waals surface area contributed by atoms with Gasteiger partial charge in [-0.15, -0.1) is 10.2 Å². The predicted octanol–water partition coefficient (Wildman–Crippen LogP) is 2.86. The second kappa shape index (κ2) is 7.38. The summed E-state index contributed by atoms with van der Waals surface area (Å²) in [7, 11) is 3.71. The van der Waals surface area contributed by atoms with Crippen LogP contribution in [0.15, 0.2) is 28.7 Å². The Morgan fingerprint density at radius 2 is 2.10 bits per heavy atom. The van der Waals surface area contributed by atoms with Crippen LogP contribution in [-0.2, 0) is 11.3 Å². The lowest BCUT2D eigenvalue weighted by Crippen LogP contribution is -2.20. The van der Waals surface area contributed by atoms with Crippen LogP contribution in [0.3, 0.4) is 0 Å². The Labute approximate surface area is 123 Å². The van der Waals surface area contributed by atoms with Crippen molar-refractivity contribution in [2.45, 2.75) is 13.0 Å². The summed E-state index contributed by atoms with van der Waals surface area (Å²) >= 11 is 6.11. The molecule has 20 heavy (non-hydrogen) atoms. The molecule has 0 fully saturated rings. The largest absolute Gasteiger partial charge is 0.419 e. The molecule has 0 N–H and O–H groups in total. The van der Waals surface area contributed by atoms with Crippen LogP contribution < -0.4 is 0 Å². The summed E-state index contributed by atoms with van der Waals surface area (Å²) in [5.74, 6) is 1.04. The molecule has 2 rings (SSSR count). The summed E-state index contributed by atoms with van der Waals surface area (Å²) in [5, 5.41) is 8.71. The van der Waals surface area contributed by atoms with E-state index < -0.39 is 0 Å². The molecule has 0 radical (unpaired) electrons. The zero-order valence-electron chi connectivity index (χ0n) is 11.7. The van der Waals surface area contributed by atoms with Crippen LogP contribution in [-0.4, -0.2) is 42.4 Å². The Morgan fingerprint density at radius 1 is 1.30 bits per heavy atom. The van der Waals surface area contributed by atoms with Crippen LogP contribution in [0.1, 0.15) is 12.3 Å². The molecule has 0 bridgehead atoms. The van der Waals surface area contributed by atoms with Gasteiger partial charge in [0, 0.05) is 20.3 Å². The Bertz CT molecular complexity index is 545. The fourth-order valence-electron chi connectivity index (χ4n) is 1.85. The first-order chi connectivity index (χ1) is 9.70. The fourth-order valence-corrected chi connectivity index (χ4v) is 2.07. The van der Waals surface area contributed by atoms with Gasteiger partial charge in [0.15, 0.2) is 0 Å². The van der Waals surface area contributed by atoms with Crippen molar-refractivity contribution >= 4 is 11.6 Å². The summed E-state index contributed by atoms with van der Waals surface area (Å²) in [6, 6.07) is 7.42. The normalized spacial score (nSPS) is 11.2. The zero-order chi connectivity index (χ0) is 14.4. The number of aromatic nitrogens is 2. The second-order valence-corrected chi connectivity index (χ2v) is 4.97. The molecule has 1 aromatic carbocycles. The van der Waals surface area contributed by atoms with E-state index in [0.29, 0.717) is 23.3 Å². The minimum Gasteiger partial charge on any atom is -0.419 e. The van der Waals surface area contributed by atoms with E-state index in [0.717, 1.165) is 25.1 Å². The van der Waals surface area contributed by atoms with Gasteiger partial charge in [-0.2, -0.15) is 0 Å². The summed E-state index contributed by atoms with van der Waals surface area (Å²) in [5.41, 5.74) is 0.759. The van der Waals surface area contributed by atoms with Crippen molar-refractivity contribution in [2.75, 3.05) is 27.3 Å². The fraction of sp³-hybridized carbons (Fsp3) is 0.429. The van der Waals surface area contributed by atoms with Gasteiger partial charge in [0.1, 0.15) is 0 Å². The number of hydrogen-bond donors (Lipinski definition) is 0. The predicted molar refractivity (Wildman–Crippen MR) is 77.6 cm³/mol. The molecule has 0 amide bonds. The quantitative estimate of drug-likeness (QED) is 0.735. The van der Waals surface area contributed by atoms with Crippen LogP contribution in [0.2, 0.25) is 5.02 Å². The van der Waals surface area contributed by atoms with E-state index >= 15 is 0 Å². The van der Waals surface area contributed by atoms with Crippen LogP contribution in [0.4, 0.5) is 0 Å². The Kier molecular flexibility index (Phi) is 5.52. The average Bonchev–Trinajstić information content (AvgIpc) is 2.88. The van der Waals surface area contributed by atoms with Crippen LogP contribution in [0, 0.1) is 0 Å². The first-order valence-electron chi connectivity index (χ1n) is 6.45. The smallest absolute Gasteiger partial charge is 0.249 e. The molecule has 0 saturated carbocycles. The second-order valence-electron chi connectivity index (χ2n) is 4.56. The molecule has 1 aromatic heterocycles. The van der Waals surface area contributed by atoms with E-state index in [2.05, 4.69) is 15.1 Å². The number of methoxy groups -OCH3 is 1. The van der Waals surface area contributed by atoms with E-state index in [-0.39, 0.29) is 0 Å². The number of nitrogens with zero attached hydrogens (tertiary/aromatic N) is 3. The van der Waals surface area contributed by atoms with Gasteiger partial charge in [0.25, 0.3) is 0 Å². The Balaban J connectivity index is 1.97. The summed E-state index contributed by atoms with van der Waals surface area (Å²) in [6.07, 6.45) is 0.971. The number of rotatable bonds is 7. The van der Waals surface area contributed by atoms with Crippen molar-refractivity contribution in [3.63, 3.8) is 0 Å². The van der Waals surface area contributed by atoms with Gasteiger partial charge in [0.05, 0.1) is 17.1 Å². The lowest BCUT2D eigenvalue weighted by atomic mass is 10.2. The molecule has 2 aromatic rings. The zero-order valence-corrected chi connectivity index (χ0v) is 12.4. The number of halogens is 1. The summed E-state index contributed by atoms with van der Waals surface area (Å²) < 4.78 is 10.7. The monoisotopic (exact) mass is 295 g/mol. The first kappa shape index (κ1) is 15.0. The topological polar surface area (TPSA) is 51.4 Å². The number of ether oxygens (including phenoxy) is 1. The van der Waals surface area contributed by atoms with Crippen LogP contribution in [0.25, 0.3) is 11.5 Å². The number of hydrogen-bond acceptors (Lipinski definition) is 5. The van der Waals surface area contributed by atoms with Gasteiger partial charge in [-0.1, -0.05) is 23.7 Å². The van der Waals surface area contributed by atoms with Crippen molar-refractivity contribution in [2.24, 2.45) is 0 Å². The molecule has 5 nitrogen and oxygen atoms in total. The maximum absolute atomic E-state index is 6.11. The van der Waals surface area contributed by atoms with Crippen molar-refractivity contribution < 1.29 is 9.15 Å². The molecule has 0 spiro atoms. The third-order valence-electron chi connectivity index (χ3n) is 2.86. The van der Waals surface area contributed by atoms with E-state index in [1.165, 1.54) is 0 Å². The third kappa shape index (κ3) is 4.03. The van der Waals surface area contributed by atoms with Crippen molar-refractivity contribution in [1.29, 1.82) is 0 Å². The highest BCUT2D eigenvalue weighted by molar-refractivity contribution is 6.33. The molecule has 0 aliphatic heterocycles. The van der Waals surface area contributed by atoms with E-state index in [1.54, 1.807) is 13.2 Å². The molecule has 108 valence electrons. The van der Waals surface area contributed by atoms with Gasteiger partial charge in [0.2, 0.25) is 11.8 Å². The van der Waals surface area contributed by atoms with Gasteiger partial charge < -0.3 is 9.15 Å². The summed E-state index contributed by atoms with van der Waals surface area (Å²) in [4.78, 5) is 2.11. The minimum absolute atomic E-state index is 0.455. The van der Waals surface area contributed by atoms with E-state index in [9.17, 15) is 0 Å². The number of benzene rings is 1. The van der Waals surface area contributed by atoms with Crippen LogP contribution >= 0.6 is 11.6 Å². The molecule has 0 saturated heterocycles. The highest BCUT2D eigenvalue weighted by atomic mass is 35.5. The van der Waals surface area contributed by atoms with Crippen molar-refractivity contribution in [1.82, 2.24) is 15.1 Å². The van der Waals surface area contributed by atoms with Gasteiger partial charge in [-0.3, -0.25) is 4.90 Å². The molecule has 0 unspecified atom stereocenters. The summed E-state index contributed by atoms with van der Waals surface area (Å²) in [6.45, 7) is 2.28.